The molecule has 36 heavy (non-hydrogen) atoms. The van der Waals surface area contributed by atoms with E-state index in [0.29, 0.717) is 37.9 Å². The van der Waals surface area contributed by atoms with Crippen molar-refractivity contribution in [3.63, 3.8) is 0 Å². The van der Waals surface area contributed by atoms with Crippen molar-refractivity contribution in [1.29, 1.82) is 0 Å². The van der Waals surface area contributed by atoms with Crippen molar-refractivity contribution in [2.45, 2.75) is 63.2 Å². The zero-order chi connectivity index (χ0) is 25.3. The highest BCUT2D eigenvalue weighted by Crippen LogP contribution is 2.58. The Balaban J connectivity index is 1.43. The zero-order valence-corrected chi connectivity index (χ0v) is 20.7. The first-order valence-corrected chi connectivity index (χ1v) is 13.1. The fourth-order valence-electron chi connectivity index (χ4n) is 6.43. The molecule has 8 nitrogen and oxygen atoms in total. The van der Waals surface area contributed by atoms with Gasteiger partial charge >= 0.3 is 5.97 Å². The molecule has 0 unspecified atom stereocenters. The maximum absolute atomic E-state index is 13.8. The van der Waals surface area contributed by atoms with Crippen molar-refractivity contribution in [2.24, 2.45) is 11.8 Å². The number of hydrogen-bond acceptors (Lipinski definition) is 6. The van der Waals surface area contributed by atoms with Crippen molar-refractivity contribution >= 4 is 34.2 Å². The monoisotopic (exact) mass is 494 g/mol. The Morgan fingerprint density at radius 2 is 1.92 bits per heavy atom. The standard InChI is InChI=1S/C28H34N2O6/c1-2-35-27(34)22-21-13-14-28(36-21)23(22)26(33)30(15-7-3-4-8-16-31)24(28)25(32)29-20-12-11-18-9-5-6-10-19(18)17-20/h5-6,9-12,17,21-24,31H,2-4,7-8,13-16H2,1H3,(H,29,32)/t21-,22+,23+,24-,28+/m1/s1. The number of fused-ring (bicyclic) bond motifs is 2. The minimum absolute atomic E-state index is 0.140. The van der Waals surface area contributed by atoms with Gasteiger partial charge in [-0.3, -0.25) is 14.4 Å². The van der Waals surface area contributed by atoms with Gasteiger partial charge in [0.25, 0.3) is 0 Å². The van der Waals surface area contributed by atoms with Gasteiger partial charge in [-0.05, 0) is 55.5 Å². The van der Waals surface area contributed by atoms with Crippen LogP contribution in [0.3, 0.4) is 0 Å². The van der Waals surface area contributed by atoms with Gasteiger partial charge < -0.3 is 24.8 Å². The number of hydrogen-bond donors (Lipinski definition) is 2. The highest BCUT2D eigenvalue weighted by Gasteiger charge is 2.74. The molecule has 192 valence electrons. The molecule has 2 aromatic rings. The lowest BCUT2D eigenvalue weighted by molar-refractivity contribution is -0.154. The molecule has 3 aliphatic rings. The lowest BCUT2D eigenvalue weighted by atomic mass is 9.71. The second-order valence-electron chi connectivity index (χ2n) is 10.0. The molecule has 3 fully saturated rings. The quantitative estimate of drug-likeness (QED) is 0.388. The number of aliphatic hydroxyl groups excluding tert-OH is 1. The third kappa shape index (κ3) is 4.16. The number of aliphatic hydroxyl groups is 1. The highest BCUT2D eigenvalue weighted by atomic mass is 16.6. The lowest BCUT2D eigenvalue weighted by Crippen LogP contribution is -2.53. The molecule has 2 aromatic carbocycles. The SMILES string of the molecule is CCOC(=O)[C@@H]1[C@H]2C(=O)N(CCCCCCO)[C@H](C(=O)Nc3ccc4ccccc4c3)[C@]23CC[C@H]1O3. The minimum atomic E-state index is -1.02. The van der Waals surface area contributed by atoms with E-state index in [1.165, 1.54) is 0 Å². The molecule has 2 N–H and O–H groups in total. The van der Waals surface area contributed by atoms with Gasteiger partial charge in [0, 0.05) is 18.8 Å². The third-order valence-corrected chi connectivity index (χ3v) is 7.93. The molecule has 0 saturated carbocycles. The van der Waals surface area contributed by atoms with Crippen LogP contribution in [0.15, 0.2) is 42.5 Å². The lowest BCUT2D eigenvalue weighted by Gasteiger charge is -2.33. The van der Waals surface area contributed by atoms with Crippen LogP contribution in [-0.4, -0.2) is 65.3 Å². The van der Waals surface area contributed by atoms with Gasteiger partial charge in [-0.1, -0.05) is 43.2 Å². The molecule has 3 saturated heterocycles. The smallest absolute Gasteiger partial charge is 0.312 e. The topological polar surface area (TPSA) is 105 Å². The number of ether oxygens (including phenoxy) is 2. The summed E-state index contributed by atoms with van der Waals surface area (Å²) < 4.78 is 11.7. The normalized spacial score (nSPS) is 28.5. The predicted octanol–water partition coefficient (Wildman–Crippen LogP) is 3.27. The van der Waals surface area contributed by atoms with E-state index in [2.05, 4.69) is 5.32 Å². The van der Waals surface area contributed by atoms with Gasteiger partial charge in [-0.25, -0.2) is 0 Å². The number of carbonyl (C=O) groups is 3. The second-order valence-corrected chi connectivity index (χ2v) is 10.0. The van der Waals surface area contributed by atoms with Crippen LogP contribution in [0.2, 0.25) is 0 Å². The van der Waals surface area contributed by atoms with Gasteiger partial charge in [0.15, 0.2) is 0 Å². The first kappa shape index (κ1) is 24.7. The summed E-state index contributed by atoms with van der Waals surface area (Å²) in [5, 5.41) is 14.2. The molecular weight excluding hydrogens is 460 g/mol. The van der Waals surface area contributed by atoms with Crippen LogP contribution < -0.4 is 5.32 Å². The van der Waals surface area contributed by atoms with E-state index in [9.17, 15) is 14.4 Å². The first-order valence-electron chi connectivity index (χ1n) is 13.1. The number of anilines is 1. The Morgan fingerprint density at radius 1 is 1.14 bits per heavy atom. The molecule has 0 aromatic heterocycles. The van der Waals surface area contributed by atoms with Gasteiger partial charge in [-0.2, -0.15) is 0 Å². The molecule has 3 aliphatic heterocycles. The van der Waals surface area contributed by atoms with E-state index in [1.54, 1.807) is 11.8 Å². The predicted molar refractivity (Wildman–Crippen MR) is 134 cm³/mol. The van der Waals surface area contributed by atoms with Gasteiger partial charge in [0.05, 0.1) is 24.5 Å². The van der Waals surface area contributed by atoms with E-state index < -0.39 is 35.6 Å². The van der Waals surface area contributed by atoms with Crippen molar-refractivity contribution < 1.29 is 29.0 Å². The molecule has 0 radical (unpaired) electrons. The van der Waals surface area contributed by atoms with Crippen molar-refractivity contribution in [1.82, 2.24) is 4.90 Å². The van der Waals surface area contributed by atoms with Crippen LogP contribution in [-0.2, 0) is 23.9 Å². The van der Waals surface area contributed by atoms with E-state index in [4.69, 9.17) is 14.6 Å². The Bertz CT molecular complexity index is 1150. The van der Waals surface area contributed by atoms with E-state index >= 15 is 0 Å². The van der Waals surface area contributed by atoms with E-state index in [1.807, 2.05) is 42.5 Å². The Morgan fingerprint density at radius 3 is 2.69 bits per heavy atom. The summed E-state index contributed by atoms with van der Waals surface area (Å²) in [6, 6.07) is 12.8. The maximum atomic E-state index is 13.8. The Hall–Kier alpha value is -2.97. The Kier molecular flexibility index (Phi) is 6.99. The number of benzene rings is 2. The van der Waals surface area contributed by atoms with Gasteiger partial charge in [0.2, 0.25) is 11.8 Å². The van der Waals surface area contributed by atoms with Crippen LogP contribution >= 0.6 is 0 Å². The van der Waals surface area contributed by atoms with E-state index in [-0.39, 0.29) is 25.0 Å². The van der Waals surface area contributed by atoms with E-state index in [0.717, 1.165) is 23.6 Å². The summed E-state index contributed by atoms with van der Waals surface area (Å²) >= 11 is 0. The van der Waals surface area contributed by atoms with Crippen LogP contribution in [0.1, 0.15) is 45.4 Å². The van der Waals surface area contributed by atoms with Gasteiger partial charge in [-0.15, -0.1) is 0 Å². The van der Waals surface area contributed by atoms with Crippen molar-refractivity contribution in [3.8, 4) is 0 Å². The zero-order valence-electron chi connectivity index (χ0n) is 20.7. The first-order chi connectivity index (χ1) is 17.5. The minimum Gasteiger partial charge on any atom is -0.466 e. The van der Waals surface area contributed by atoms with Crippen LogP contribution in [0.25, 0.3) is 10.8 Å². The van der Waals surface area contributed by atoms with Crippen LogP contribution in [0.4, 0.5) is 5.69 Å². The number of unbranched alkanes of at least 4 members (excludes halogenated alkanes) is 3. The fraction of sp³-hybridized carbons (Fsp3) is 0.536. The largest absolute Gasteiger partial charge is 0.466 e. The molecule has 1 spiro atoms. The number of nitrogens with zero attached hydrogens (tertiary/aromatic N) is 1. The van der Waals surface area contributed by atoms with Crippen LogP contribution in [0, 0.1) is 11.8 Å². The second kappa shape index (κ2) is 10.2. The van der Waals surface area contributed by atoms with Crippen LogP contribution in [0.5, 0.6) is 0 Å². The Labute approximate surface area is 210 Å². The fourth-order valence-corrected chi connectivity index (χ4v) is 6.43. The molecule has 0 aliphatic carbocycles. The molecule has 8 heteroatoms. The molecule has 2 amide bonds. The van der Waals surface area contributed by atoms with Crippen molar-refractivity contribution in [2.75, 3.05) is 25.1 Å². The summed E-state index contributed by atoms with van der Waals surface area (Å²) in [5.41, 5.74) is -0.367. The number of amides is 2. The number of esters is 1. The maximum Gasteiger partial charge on any atom is 0.312 e. The molecular formula is C28H34N2O6. The summed E-state index contributed by atoms with van der Waals surface area (Å²) in [7, 11) is 0. The summed E-state index contributed by atoms with van der Waals surface area (Å²) in [5.74, 6) is -2.29. The summed E-state index contributed by atoms with van der Waals surface area (Å²) in [6.07, 6.45) is 3.89. The third-order valence-electron chi connectivity index (χ3n) is 7.93. The highest BCUT2D eigenvalue weighted by molar-refractivity contribution is 6.04. The molecule has 5 atom stereocenters. The number of likely N-dealkylation sites (tertiary alicyclic amines) is 1. The molecule has 2 bridgehead atoms. The average molecular weight is 495 g/mol. The number of rotatable bonds is 10. The molecule has 3 heterocycles. The summed E-state index contributed by atoms with van der Waals surface area (Å²) in [6.45, 7) is 2.52. The average Bonchev–Trinajstić information content (AvgIpc) is 3.51. The summed E-state index contributed by atoms with van der Waals surface area (Å²) in [4.78, 5) is 42.1. The molecule has 5 rings (SSSR count). The number of carbonyl (C=O) groups excluding carboxylic acids is 3. The van der Waals surface area contributed by atoms with Crippen molar-refractivity contribution in [3.05, 3.63) is 42.5 Å². The van der Waals surface area contributed by atoms with Gasteiger partial charge in [0.1, 0.15) is 11.6 Å². The number of nitrogens with one attached hydrogen (secondary N) is 1.